The summed E-state index contributed by atoms with van der Waals surface area (Å²) in [7, 11) is 3.20. The van der Waals surface area contributed by atoms with Crippen molar-refractivity contribution in [2.45, 2.75) is 18.6 Å². The Bertz CT molecular complexity index is 1050. The molecule has 30 heavy (non-hydrogen) atoms. The van der Waals surface area contributed by atoms with Crippen molar-refractivity contribution < 1.29 is 19.4 Å². The average molecular weight is 403 g/mol. The molecule has 1 aliphatic heterocycles. The largest absolute Gasteiger partial charge is 0.493 e. The van der Waals surface area contributed by atoms with E-state index in [-0.39, 0.29) is 5.91 Å². The Hall–Kier alpha value is -3.31. The van der Waals surface area contributed by atoms with Gasteiger partial charge >= 0.3 is 0 Å². The Balaban J connectivity index is 1.63. The van der Waals surface area contributed by atoms with Gasteiger partial charge in [-0.25, -0.2) is 0 Å². The Labute approximate surface area is 176 Å². The molecule has 0 saturated heterocycles. The molecule has 0 fully saturated rings. The van der Waals surface area contributed by atoms with Gasteiger partial charge in [0.2, 0.25) is 0 Å². The van der Waals surface area contributed by atoms with E-state index in [2.05, 4.69) is 0 Å². The van der Waals surface area contributed by atoms with Gasteiger partial charge in [0.25, 0.3) is 5.91 Å². The summed E-state index contributed by atoms with van der Waals surface area (Å²) >= 11 is 0. The predicted octanol–water partition coefficient (Wildman–Crippen LogP) is 3.79. The second-order valence-corrected chi connectivity index (χ2v) is 7.42. The Kier molecular flexibility index (Phi) is 5.46. The quantitative estimate of drug-likeness (QED) is 0.652. The van der Waals surface area contributed by atoms with E-state index in [1.54, 1.807) is 25.2 Å². The van der Waals surface area contributed by atoms with Crippen LogP contribution in [-0.4, -0.2) is 36.7 Å². The molecule has 1 atom stereocenters. The highest BCUT2D eigenvalue weighted by Crippen LogP contribution is 2.40. The maximum Gasteiger partial charge on any atom is 0.256 e. The molecule has 3 aromatic rings. The molecule has 1 amide bonds. The second kappa shape index (κ2) is 8.20. The summed E-state index contributed by atoms with van der Waals surface area (Å²) in [6.45, 7) is 0.381. The number of fused-ring (bicyclic) bond motifs is 1. The fourth-order valence-electron chi connectivity index (χ4n) is 4.11. The van der Waals surface area contributed by atoms with E-state index in [1.165, 1.54) is 0 Å². The first-order valence-electron chi connectivity index (χ1n) is 9.95. The summed E-state index contributed by atoms with van der Waals surface area (Å²) in [5.41, 5.74) is 1.81. The molecular formula is C25H25NO4. The van der Waals surface area contributed by atoms with E-state index >= 15 is 0 Å². The first kappa shape index (κ1) is 20.0. The summed E-state index contributed by atoms with van der Waals surface area (Å²) in [6.07, 6.45) is 0.916. The minimum Gasteiger partial charge on any atom is -0.493 e. The van der Waals surface area contributed by atoms with Crippen molar-refractivity contribution >= 4 is 5.91 Å². The summed E-state index contributed by atoms with van der Waals surface area (Å²) in [6, 6.07) is 22.8. The first-order valence-corrected chi connectivity index (χ1v) is 9.95. The van der Waals surface area contributed by atoms with Crippen LogP contribution in [-0.2, 0) is 18.6 Å². The molecule has 0 spiro atoms. The Morgan fingerprint density at radius 2 is 1.57 bits per heavy atom. The number of aliphatic hydroxyl groups is 1. The van der Waals surface area contributed by atoms with E-state index < -0.39 is 5.72 Å². The number of nitrogens with zero attached hydrogens (tertiary/aromatic N) is 1. The van der Waals surface area contributed by atoms with Gasteiger partial charge in [-0.2, -0.15) is 0 Å². The number of benzene rings is 3. The zero-order valence-corrected chi connectivity index (χ0v) is 17.2. The fraction of sp³-hybridized carbons (Fsp3) is 0.240. The SMILES string of the molecule is COc1ccc(CCN2C(=O)c3ccccc3[C@]2(O)Cc2ccccc2)cc1OC. The number of carbonyl (C=O) groups is 1. The molecule has 0 bridgehead atoms. The molecule has 0 aliphatic carbocycles. The van der Waals surface area contributed by atoms with Crippen LogP contribution >= 0.6 is 0 Å². The van der Waals surface area contributed by atoms with Gasteiger partial charge in [0.05, 0.1) is 14.2 Å². The molecule has 1 heterocycles. The number of hydrogen-bond acceptors (Lipinski definition) is 4. The minimum absolute atomic E-state index is 0.149. The molecular weight excluding hydrogens is 378 g/mol. The zero-order chi connectivity index (χ0) is 21.1. The normalized spacial score (nSPS) is 17.7. The molecule has 0 unspecified atom stereocenters. The lowest BCUT2D eigenvalue weighted by Crippen LogP contribution is -2.46. The summed E-state index contributed by atoms with van der Waals surface area (Å²) in [4.78, 5) is 14.8. The minimum atomic E-state index is -1.38. The number of hydrogen-bond donors (Lipinski definition) is 1. The van der Waals surface area contributed by atoms with Crippen LogP contribution < -0.4 is 9.47 Å². The lowest BCUT2D eigenvalue weighted by molar-refractivity contribution is -0.0831. The molecule has 4 rings (SSSR count). The third-order valence-electron chi connectivity index (χ3n) is 5.65. The first-order chi connectivity index (χ1) is 14.6. The maximum atomic E-state index is 13.2. The predicted molar refractivity (Wildman–Crippen MR) is 115 cm³/mol. The van der Waals surface area contributed by atoms with E-state index in [1.807, 2.05) is 66.7 Å². The molecule has 0 aromatic heterocycles. The van der Waals surface area contributed by atoms with Crippen molar-refractivity contribution in [3.8, 4) is 11.5 Å². The van der Waals surface area contributed by atoms with E-state index in [0.29, 0.717) is 42.0 Å². The van der Waals surface area contributed by atoms with Gasteiger partial charge in [0.15, 0.2) is 17.2 Å². The summed E-state index contributed by atoms with van der Waals surface area (Å²) < 4.78 is 10.7. The van der Waals surface area contributed by atoms with E-state index in [0.717, 1.165) is 11.1 Å². The molecule has 1 aliphatic rings. The Morgan fingerprint density at radius 3 is 2.30 bits per heavy atom. The van der Waals surface area contributed by atoms with Gasteiger partial charge in [-0.05, 0) is 35.7 Å². The highest BCUT2D eigenvalue weighted by molar-refractivity contribution is 5.99. The monoisotopic (exact) mass is 403 g/mol. The van der Waals surface area contributed by atoms with Crippen molar-refractivity contribution in [3.05, 3.63) is 95.1 Å². The maximum absolute atomic E-state index is 13.2. The third kappa shape index (κ3) is 3.53. The standard InChI is InChI=1S/C25H25NO4/c1-29-22-13-12-18(16-23(22)30-2)14-15-26-24(27)20-10-6-7-11-21(20)25(26,28)17-19-8-4-3-5-9-19/h3-13,16,28H,14-15,17H2,1-2H3/t25-/m1/s1. The van der Waals surface area contributed by atoms with Crippen LogP contribution in [0.15, 0.2) is 72.8 Å². The highest BCUT2D eigenvalue weighted by atomic mass is 16.5. The van der Waals surface area contributed by atoms with Gasteiger partial charge in [-0.3, -0.25) is 4.79 Å². The van der Waals surface area contributed by atoms with Crippen LogP contribution in [0.4, 0.5) is 0 Å². The van der Waals surface area contributed by atoms with E-state index in [9.17, 15) is 9.90 Å². The zero-order valence-electron chi connectivity index (χ0n) is 17.2. The van der Waals surface area contributed by atoms with Crippen LogP contribution in [0.5, 0.6) is 11.5 Å². The van der Waals surface area contributed by atoms with Gasteiger partial charge in [0, 0.05) is 24.1 Å². The lowest BCUT2D eigenvalue weighted by Gasteiger charge is -2.35. The van der Waals surface area contributed by atoms with E-state index in [4.69, 9.17) is 9.47 Å². The van der Waals surface area contributed by atoms with Crippen molar-refractivity contribution in [2.24, 2.45) is 0 Å². The molecule has 5 nitrogen and oxygen atoms in total. The van der Waals surface area contributed by atoms with Crippen LogP contribution in [0.1, 0.15) is 27.0 Å². The van der Waals surface area contributed by atoms with Crippen LogP contribution in [0.3, 0.4) is 0 Å². The average Bonchev–Trinajstić information content (AvgIpc) is 2.99. The lowest BCUT2D eigenvalue weighted by atomic mass is 9.94. The molecule has 0 saturated carbocycles. The fourth-order valence-corrected chi connectivity index (χ4v) is 4.11. The summed E-state index contributed by atoms with van der Waals surface area (Å²) in [5.74, 6) is 1.15. The van der Waals surface area contributed by atoms with Gasteiger partial charge < -0.3 is 19.5 Å². The van der Waals surface area contributed by atoms with Crippen LogP contribution in [0, 0.1) is 0 Å². The van der Waals surface area contributed by atoms with Crippen molar-refractivity contribution in [1.29, 1.82) is 0 Å². The molecule has 154 valence electrons. The molecule has 1 N–H and O–H groups in total. The van der Waals surface area contributed by atoms with Crippen LogP contribution in [0.2, 0.25) is 0 Å². The molecule has 0 radical (unpaired) electrons. The number of rotatable bonds is 7. The van der Waals surface area contributed by atoms with Gasteiger partial charge in [0.1, 0.15) is 0 Å². The summed E-state index contributed by atoms with van der Waals surface area (Å²) in [5, 5.41) is 11.7. The smallest absolute Gasteiger partial charge is 0.256 e. The highest BCUT2D eigenvalue weighted by Gasteiger charge is 2.47. The Morgan fingerprint density at radius 1 is 0.867 bits per heavy atom. The molecule has 5 heteroatoms. The number of methoxy groups -OCH3 is 2. The number of ether oxygens (including phenoxy) is 2. The van der Waals surface area contributed by atoms with Crippen LogP contribution in [0.25, 0.3) is 0 Å². The topological polar surface area (TPSA) is 59.0 Å². The van der Waals surface area contributed by atoms with Crippen molar-refractivity contribution in [2.75, 3.05) is 20.8 Å². The number of carbonyl (C=O) groups excluding carboxylic acids is 1. The van der Waals surface area contributed by atoms with Gasteiger partial charge in [-0.1, -0.05) is 54.6 Å². The van der Waals surface area contributed by atoms with Crippen molar-refractivity contribution in [1.82, 2.24) is 4.90 Å². The third-order valence-corrected chi connectivity index (χ3v) is 5.65. The number of amides is 1. The second-order valence-electron chi connectivity index (χ2n) is 7.42. The van der Waals surface area contributed by atoms with Gasteiger partial charge in [-0.15, -0.1) is 0 Å². The molecule has 3 aromatic carbocycles. The van der Waals surface area contributed by atoms with Crippen molar-refractivity contribution in [3.63, 3.8) is 0 Å².